The number of hydrogen-bond acceptors (Lipinski definition) is 2. The highest BCUT2D eigenvalue weighted by Gasteiger charge is 2.14. The highest BCUT2D eigenvalue weighted by molar-refractivity contribution is 9.10. The lowest BCUT2D eigenvalue weighted by molar-refractivity contribution is 0.687. The minimum Gasteiger partial charge on any atom is -0.369 e. The monoisotopic (exact) mass is 298 g/mol. The van der Waals surface area contributed by atoms with Gasteiger partial charge in [0.1, 0.15) is 0 Å². The van der Waals surface area contributed by atoms with E-state index in [9.17, 15) is 0 Å². The molecule has 1 aromatic rings. The summed E-state index contributed by atoms with van der Waals surface area (Å²) in [7, 11) is 0. The second kappa shape index (κ2) is 6.41. The Balaban J connectivity index is 3.13. The van der Waals surface area contributed by atoms with Gasteiger partial charge >= 0.3 is 0 Å². The SMILES string of the molecule is CCN(c1cc(Br)ccc1CC(C)N)C(C)C. The van der Waals surface area contributed by atoms with Crippen LogP contribution in [0.2, 0.25) is 0 Å². The molecule has 3 heteroatoms. The van der Waals surface area contributed by atoms with Crippen molar-refractivity contribution in [2.75, 3.05) is 11.4 Å². The normalized spacial score (nSPS) is 12.9. The Morgan fingerprint density at radius 2 is 1.94 bits per heavy atom. The molecule has 0 bridgehead atoms. The summed E-state index contributed by atoms with van der Waals surface area (Å²) in [5.74, 6) is 0. The molecule has 0 heterocycles. The van der Waals surface area contributed by atoms with Gasteiger partial charge in [0.2, 0.25) is 0 Å². The molecule has 1 atom stereocenters. The molecule has 0 amide bonds. The number of hydrogen-bond donors (Lipinski definition) is 1. The Kier molecular flexibility index (Phi) is 5.47. The molecule has 0 radical (unpaired) electrons. The summed E-state index contributed by atoms with van der Waals surface area (Å²) in [5.41, 5.74) is 8.55. The molecule has 1 unspecified atom stereocenters. The van der Waals surface area contributed by atoms with Crippen LogP contribution in [0.4, 0.5) is 5.69 Å². The first-order valence-electron chi connectivity index (χ1n) is 6.26. The lowest BCUT2D eigenvalue weighted by Gasteiger charge is -2.30. The van der Waals surface area contributed by atoms with Crippen LogP contribution in [0.3, 0.4) is 0 Å². The van der Waals surface area contributed by atoms with Crippen LogP contribution in [-0.2, 0) is 6.42 Å². The highest BCUT2D eigenvalue weighted by Crippen LogP contribution is 2.27. The fraction of sp³-hybridized carbons (Fsp3) is 0.571. The van der Waals surface area contributed by atoms with Crippen LogP contribution < -0.4 is 10.6 Å². The molecule has 2 nitrogen and oxygen atoms in total. The predicted octanol–water partition coefficient (Wildman–Crippen LogP) is 3.57. The Bertz CT molecular complexity index is 361. The van der Waals surface area contributed by atoms with Gasteiger partial charge in [0.15, 0.2) is 0 Å². The summed E-state index contributed by atoms with van der Waals surface area (Å²) in [5, 5.41) is 0. The van der Waals surface area contributed by atoms with Gasteiger partial charge in [-0.1, -0.05) is 22.0 Å². The van der Waals surface area contributed by atoms with E-state index in [1.165, 1.54) is 11.3 Å². The smallest absolute Gasteiger partial charge is 0.0412 e. The van der Waals surface area contributed by atoms with Crippen molar-refractivity contribution in [1.29, 1.82) is 0 Å². The first-order valence-corrected chi connectivity index (χ1v) is 7.05. The summed E-state index contributed by atoms with van der Waals surface area (Å²) in [6.07, 6.45) is 0.922. The molecule has 0 aliphatic rings. The molecular weight excluding hydrogens is 276 g/mol. The van der Waals surface area contributed by atoms with E-state index in [-0.39, 0.29) is 6.04 Å². The second-order valence-corrected chi connectivity index (χ2v) is 5.75. The fourth-order valence-electron chi connectivity index (χ4n) is 2.14. The van der Waals surface area contributed by atoms with Gasteiger partial charge in [-0.2, -0.15) is 0 Å². The van der Waals surface area contributed by atoms with Crippen molar-refractivity contribution in [1.82, 2.24) is 0 Å². The van der Waals surface area contributed by atoms with Crippen molar-refractivity contribution in [3.8, 4) is 0 Å². The molecular formula is C14H23BrN2. The zero-order valence-corrected chi connectivity index (χ0v) is 12.8. The fourth-order valence-corrected chi connectivity index (χ4v) is 2.49. The lowest BCUT2D eigenvalue weighted by atomic mass is 10.0. The molecule has 96 valence electrons. The second-order valence-electron chi connectivity index (χ2n) is 4.83. The minimum atomic E-state index is 0.195. The standard InChI is InChI=1S/C14H23BrN2/c1-5-17(10(2)3)14-9-13(15)7-6-12(14)8-11(4)16/h6-7,9-11H,5,8,16H2,1-4H3. The molecule has 0 saturated heterocycles. The van der Waals surface area contributed by atoms with Gasteiger partial charge in [0.05, 0.1) is 0 Å². The number of benzene rings is 1. The molecule has 0 aliphatic heterocycles. The molecule has 17 heavy (non-hydrogen) atoms. The Hall–Kier alpha value is -0.540. The Labute approximate surface area is 113 Å². The molecule has 0 saturated carbocycles. The molecule has 1 rings (SSSR count). The number of nitrogens with two attached hydrogens (primary N) is 1. The first-order chi connectivity index (χ1) is 7.95. The van der Waals surface area contributed by atoms with Gasteiger partial charge in [-0.15, -0.1) is 0 Å². The van der Waals surface area contributed by atoms with Gasteiger partial charge in [0, 0.05) is 28.8 Å². The van der Waals surface area contributed by atoms with Gasteiger partial charge in [-0.05, 0) is 51.8 Å². The summed E-state index contributed by atoms with van der Waals surface area (Å²) in [4.78, 5) is 2.41. The molecule has 0 aliphatic carbocycles. The van der Waals surface area contributed by atoms with E-state index < -0.39 is 0 Å². The van der Waals surface area contributed by atoms with E-state index in [0.717, 1.165) is 17.4 Å². The molecule has 0 spiro atoms. The van der Waals surface area contributed by atoms with Crippen LogP contribution >= 0.6 is 15.9 Å². The Morgan fingerprint density at radius 1 is 1.29 bits per heavy atom. The molecule has 2 N–H and O–H groups in total. The average Bonchev–Trinajstić information content (AvgIpc) is 2.22. The van der Waals surface area contributed by atoms with E-state index in [2.05, 4.69) is 66.7 Å². The topological polar surface area (TPSA) is 29.3 Å². The zero-order chi connectivity index (χ0) is 13.0. The number of rotatable bonds is 5. The van der Waals surface area contributed by atoms with Gasteiger partial charge in [-0.3, -0.25) is 0 Å². The number of anilines is 1. The van der Waals surface area contributed by atoms with Gasteiger partial charge < -0.3 is 10.6 Å². The van der Waals surface area contributed by atoms with Crippen LogP contribution in [0.1, 0.15) is 33.3 Å². The van der Waals surface area contributed by atoms with Gasteiger partial charge in [0.25, 0.3) is 0 Å². The maximum Gasteiger partial charge on any atom is 0.0412 e. The van der Waals surface area contributed by atoms with E-state index in [1.54, 1.807) is 0 Å². The van der Waals surface area contributed by atoms with Crippen molar-refractivity contribution in [3.05, 3.63) is 28.2 Å². The van der Waals surface area contributed by atoms with Crippen LogP contribution in [-0.4, -0.2) is 18.6 Å². The highest BCUT2D eigenvalue weighted by atomic mass is 79.9. The van der Waals surface area contributed by atoms with E-state index in [1.807, 2.05) is 0 Å². The van der Waals surface area contributed by atoms with E-state index in [4.69, 9.17) is 5.73 Å². The summed E-state index contributed by atoms with van der Waals surface area (Å²) < 4.78 is 1.13. The summed E-state index contributed by atoms with van der Waals surface area (Å²) in [6, 6.07) is 7.16. The van der Waals surface area contributed by atoms with E-state index >= 15 is 0 Å². The number of halogens is 1. The minimum absolute atomic E-state index is 0.195. The van der Waals surface area contributed by atoms with Crippen molar-refractivity contribution in [2.24, 2.45) is 5.73 Å². The van der Waals surface area contributed by atoms with Crippen molar-refractivity contribution >= 4 is 21.6 Å². The summed E-state index contributed by atoms with van der Waals surface area (Å²) >= 11 is 3.55. The molecule has 1 aromatic carbocycles. The first kappa shape index (κ1) is 14.5. The number of nitrogens with zero attached hydrogens (tertiary/aromatic N) is 1. The maximum absolute atomic E-state index is 5.92. The predicted molar refractivity (Wildman–Crippen MR) is 79.7 cm³/mol. The third-order valence-electron chi connectivity index (χ3n) is 2.86. The molecule has 0 aromatic heterocycles. The van der Waals surface area contributed by atoms with Crippen molar-refractivity contribution in [2.45, 2.75) is 46.2 Å². The van der Waals surface area contributed by atoms with Crippen molar-refractivity contribution < 1.29 is 0 Å². The van der Waals surface area contributed by atoms with Crippen LogP contribution in [0, 0.1) is 0 Å². The molecule has 0 fully saturated rings. The van der Waals surface area contributed by atoms with Crippen LogP contribution in [0.15, 0.2) is 22.7 Å². The maximum atomic E-state index is 5.92. The summed E-state index contributed by atoms with van der Waals surface area (Å²) in [6.45, 7) is 9.70. The van der Waals surface area contributed by atoms with Crippen molar-refractivity contribution in [3.63, 3.8) is 0 Å². The van der Waals surface area contributed by atoms with Gasteiger partial charge in [-0.25, -0.2) is 0 Å². The lowest BCUT2D eigenvalue weighted by Crippen LogP contribution is -2.32. The third kappa shape index (κ3) is 4.00. The van der Waals surface area contributed by atoms with Crippen LogP contribution in [0.5, 0.6) is 0 Å². The quantitative estimate of drug-likeness (QED) is 0.900. The average molecular weight is 299 g/mol. The van der Waals surface area contributed by atoms with Crippen LogP contribution in [0.25, 0.3) is 0 Å². The zero-order valence-electron chi connectivity index (χ0n) is 11.2. The van der Waals surface area contributed by atoms with E-state index in [0.29, 0.717) is 6.04 Å². The largest absolute Gasteiger partial charge is 0.369 e. The third-order valence-corrected chi connectivity index (χ3v) is 3.36. The Morgan fingerprint density at radius 3 is 2.41 bits per heavy atom.